The lowest BCUT2D eigenvalue weighted by Gasteiger charge is -2.10. The number of halogens is 2. The van der Waals surface area contributed by atoms with Crippen LogP contribution in [0.2, 0.25) is 0 Å². The predicted molar refractivity (Wildman–Crippen MR) is 65.3 cm³/mol. The second-order valence-corrected chi connectivity index (χ2v) is 4.74. The molecule has 1 fully saturated rings. The molecule has 92 valence electrons. The molecule has 0 unspecified atom stereocenters. The zero-order chi connectivity index (χ0) is 12.6. The van der Waals surface area contributed by atoms with Crippen LogP contribution in [-0.2, 0) is 6.42 Å². The second-order valence-electron chi connectivity index (χ2n) is 4.74. The number of fused-ring (bicyclic) bond motifs is 1. The van der Waals surface area contributed by atoms with Crippen molar-refractivity contribution in [1.29, 1.82) is 0 Å². The van der Waals surface area contributed by atoms with E-state index in [4.69, 9.17) is 0 Å². The lowest BCUT2D eigenvalue weighted by atomic mass is 10.0. The largest absolute Gasteiger partial charge is 0.261 e. The fourth-order valence-electron chi connectivity index (χ4n) is 2.05. The van der Waals surface area contributed by atoms with E-state index in [0.29, 0.717) is 12.8 Å². The summed E-state index contributed by atoms with van der Waals surface area (Å²) in [6.45, 7) is 0. The summed E-state index contributed by atoms with van der Waals surface area (Å²) in [5.74, 6) is 5.63. The lowest BCUT2D eigenvalue weighted by molar-refractivity contribution is 0.0921. The average molecular weight is 246 g/mol. The molecule has 0 bridgehead atoms. The van der Waals surface area contributed by atoms with E-state index in [1.165, 1.54) is 0 Å². The normalized spacial score (nSPS) is 19.1. The number of hydrogen-bond donors (Lipinski definition) is 0. The first-order valence-corrected chi connectivity index (χ1v) is 6.02. The van der Waals surface area contributed by atoms with Crippen LogP contribution in [0.5, 0.6) is 0 Å². The molecule has 2 aliphatic rings. The number of pyridine rings is 1. The van der Waals surface area contributed by atoms with Gasteiger partial charge in [0.05, 0.1) is 17.3 Å². The van der Waals surface area contributed by atoms with Gasteiger partial charge in [-0.05, 0) is 31.2 Å². The molecule has 3 rings (SSSR count). The molecule has 0 aromatic carbocycles. The SMILES string of the molecule is FC(F)C1(C#Cc2cncc3c2CCC=N3)CC1. The van der Waals surface area contributed by atoms with Gasteiger partial charge in [0, 0.05) is 18.0 Å². The number of aliphatic imine (C=N–C) groups is 1. The van der Waals surface area contributed by atoms with Crippen molar-refractivity contribution in [1.82, 2.24) is 4.98 Å². The molecule has 2 heterocycles. The first-order valence-electron chi connectivity index (χ1n) is 6.02. The highest BCUT2D eigenvalue weighted by molar-refractivity contribution is 5.70. The van der Waals surface area contributed by atoms with Gasteiger partial charge >= 0.3 is 0 Å². The zero-order valence-corrected chi connectivity index (χ0v) is 9.79. The maximum Gasteiger partial charge on any atom is 0.254 e. The van der Waals surface area contributed by atoms with Crippen molar-refractivity contribution in [2.24, 2.45) is 10.4 Å². The highest BCUT2D eigenvalue weighted by atomic mass is 19.3. The molecule has 1 saturated carbocycles. The molecule has 18 heavy (non-hydrogen) atoms. The Morgan fingerprint density at radius 1 is 1.28 bits per heavy atom. The Balaban J connectivity index is 1.95. The molecule has 4 heteroatoms. The van der Waals surface area contributed by atoms with Gasteiger partial charge in [-0.2, -0.15) is 0 Å². The van der Waals surface area contributed by atoms with Gasteiger partial charge in [0.15, 0.2) is 0 Å². The molecule has 0 saturated heterocycles. The highest BCUT2D eigenvalue weighted by Gasteiger charge is 2.49. The van der Waals surface area contributed by atoms with Crippen molar-refractivity contribution in [2.75, 3.05) is 0 Å². The topological polar surface area (TPSA) is 25.2 Å². The minimum absolute atomic E-state index is 0.498. The molecule has 0 N–H and O–H groups in total. The van der Waals surface area contributed by atoms with E-state index in [1.807, 2.05) is 6.21 Å². The van der Waals surface area contributed by atoms with E-state index in [-0.39, 0.29) is 0 Å². The number of aromatic nitrogens is 1. The van der Waals surface area contributed by atoms with Crippen LogP contribution in [0.25, 0.3) is 0 Å². The van der Waals surface area contributed by atoms with Crippen LogP contribution in [0.1, 0.15) is 30.4 Å². The first kappa shape index (κ1) is 11.3. The molecule has 1 aromatic rings. The summed E-state index contributed by atoms with van der Waals surface area (Å²) in [5.41, 5.74) is 1.54. The summed E-state index contributed by atoms with van der Waals surface area (Å²) in [6, 6.07) is 0. The van der Waals surface area contributed by atoms with Crippen molar-refractivity contribution in [3.05, 3.63) is 23.5 Å². The Labute approximate surface area is 104 Å². The third-order valence-electron chi connectivity index (χ3n) is 3.44. The van der Waals surface area contributed by atoms with Gasteiger partial charge in [0.2, 0.25) is 0 Å². The third-order valence-corrected chi connectivity index (χ3v) is 3.44. The van der Waals surface area contributed by atoms with E-state index >= 15 is 0 Å². The molecule has 1 aliphatic heterocycles. The molecule has 0 spiro atoms. The minimum Gasteiger partial charge on any atom is -0.261 e. The molecule has 1 aliphatic carbocycles. The van der Waals surface area contributed by atoms with Gasteiger partial charge in [-0.1, -0.05) is 11.8 Å². The molecule has 0 amide bonds. The molecular formula is C14H12F2N2. The van der Waals surface area contributed by atoms with Crippen LogP contribution in [0.4, 0.5) is 14.5 Å². The maximum absolute atomic E-state index is 12.8. The van der Waals surface area contributed by atoms with Crippen molar-refractivity contribution in [3.63, 3.8) is 0 Å². The molecular weight excluding hydrogens is 234 g/mol. The van der Waals surface area contributed by atoms with E-state index in [2.05, 4.69) is 21.8 Å². The van der Waals surface area contributed by atoms with E-state index < -0.39 is 11.8 Å². The van der Waals surface area contributed by atoms with Crippen molar-refractivity contribution >= 4 is 11.9 Å². The number of hydrogen-bond acceptors (Lipinski definition) is 2. The number of alkyl halides is 2. The predicted octanol–water partition coefficient (Wildman–Crippen LogP) is 3.13. The standard InChI is InChI=1S/C14H12F2N2/c15-13(16)14(5-6-14)4-3-10-8-17-9-12-11(10)2-1-7-18-12/h7-9,13H,1-2,5-6H2. The summed E-state index contributed by atoms with van der Waals surface area (Å²) in [4.78, 5) is 8.31. The van der Waals surface area contributed by atoms with Crippen LogP contribution in [0.3, 0.4) is 0 Å². The van der Waals surface area contributed by atoms with Gasteiger partial charge in [-0.3, -0.25) is 9.98 Å². The smallest absolute Gasteiger partial charge is 0.254 e. The Kier molecular flexibility index (Phi) is 2.62. The van der Waals surface area contributed by atoms with Crippen LogP contribution in [-0.4, -0.2) is 17.6 Å². The Morgan fingerprint density at radius 2 is 2.11 bits per heavy atom. The molecule has 1 aromatic heterocycles. The number of rotatable bonds is 1. The van der Waals surface area contributed by atoms with Gasteiger partial charge in [0.1, 0.15) is 0 Å². The monoisotopic (exact) mass is 246 g/mol. The van der Waals surface area contributed by atoms with Crippen LogP contribution < -0.4 is 0 Å². The van der Waals surface area contributed by atoms with Gasteiger partial charge in [0.25, 0.3) is 6.43 Å². The molecule has 0 atom stereocenters. The summed E-state index contributed by atoms with van der Waals surface area (Å²) in [7, 11) is 0. The Bertz CT molecular complexity index is 563. The average Bonchev–Trinajstić information content (AvgIpc) is 3.17. The number of nitrogens with zero attached hydrogens (tertiary/aromatic N) is 2. The quantitative estimate of drug-likeness (QED) is 0.699. The van der Waals surface area contributed by atoms with E-state index in [0.717, 1.165) is 29.7 Å². The lowest BCUT2D eigenvalue weighted by Crippen LogP contribution is -2.09. The van der Waals surface area contributed by atoms with Crippen LogP contribution in [0, 0.1) is 17.3 Å². The Morgan fingerprint density at radius 3 is 2.83 bits per heavy atom. The van der Waals surface area contributed by atoms with Gasteiger partial charge in [-0.15, -0.1) is 0 Å². The molecule has 0 radical (unpaired) electrons. The summed E-state index contributed by atoms with van der Waals surface area (Å²) in [6.07, 6.45) is 5.55. The first-order chi connectivity index (χ1) is 8.71. The van der Waals surface area contributed by atoms with Gasteiger partial charge in [-0.25, -0.2) is 8.78 Å². The molecule has 2 nitrogen and oxygen atoms in total. The van der Waals surface area contributed by atoms with Crippen molar-refractivity contribution < 1.29 is 8.78 Å². The minimum atomic E-state index is -2.35. The maximum atomic E-state index is 12.8. The zero-order valence-electron chi connectivity index (χ0n) is 9.79. The van der Waals surface area contributed by atoms with Crippen LogP contribution in [0.15, 0.2) is 17.4 Å². The fourth-order valence-corrected chi connectivity index (χ4v) is 2.05. The summed E-state index contributed by atoms with van der Waals surface area (Å²) in [5, 5.41) is 0. The van der Waals surface area contributed by atoms with E-state index in [1.54, 1.807) is 12.4 Å². The van der Waals surface area contributed by atoms with Crippen molar-refractivity contribution in [3.8, 4) is 11.8 Å². The Hall–Kier alpha value is -1.76. The summed E-state index contributed by atoms with van der Waals surface area (Å²) >= 11 is 0. The highest BCUT2D eigenvalue weighted by Crippen LogP contribution is 2.50. The second kappa shape index (κ2) is 4.16. The third kappa shape index (κ3) is 1.90. The van der Waals surface area contributed by atoms with E-state index in [9.17, 15) is 8.78 Å². The van der Waals surface area contributed by atoms with Crippen molar-refractivity contribution in [2.45, 2.75) is 32.1 Å². The van der Waals surface area contributed by atoms with Gasteiger partial charge < -0.3 is 0 Å². The van der Waals surface area contributed by atoms with Crippen LogP contribution >= 0.6 is 0 Å². The summed E-state index contributed by atoms with van der Waals surface area (Å²) < 4.78 is 25.6. The fraction of sp³-hybridized carbons (Fsp3) is 0.429.